The van der Waals surface area contributed by atoms with Crippen LogP contribution in [0.15, 0.2) is 225 Å². The third-order valence-corrected chi connectivity index (χ3v) is 11.3. The molecule has 61 heavy (non-hydrogen) atoms. The number of hydrogen-bond acceptors (Lipinski definition) is 4. The summed E-state index contributed by atoms with van der Waals surface area (Å²) < 4.78 is 2.14. The molecule has 11 aromatic rings. The molecule has 0 spiro atoms. The van der Waals surface area contributed by atoms with Crippen LogP contribution in [0.1, 0.15) is 0 Å². The summed E-state index contributed by atoms with van der Waals surface area (Å²) >= 11 is 0. The first kappa shape index (κ1) is 35.8. The van der Waals surface area contributed by atoms with Crippen LogP contribution in [0.25, 0.3) is 106 Å². The molecule has 3 heterocycles. The first-order chi connectivity index (χ1) is 30.2. The van der Waals surface area contributed by atoms with Crippen LogP contribution in [-0.2, 0) is 0 Å². The van der Waals surface area contributed by atoms with E-state index in [9.17, 15) is 0 Å². The molecular weight excluding hydrogens is 743 g/mol. The first-order valence-corrected chi connectivity index (χ1v) is 20.5. The van der Waals surface area contributed by atoms with Crippen molar-refractivity contribution in [3.8, 4) is 89.9 Å². The Hall–Kier alpha value is -8.28. The molecule has 0 N–H and O–H groups in total. The predicted octanol–water partition coefficient (Wildman–Crippen LogP) is 14.0. The lowest BCUT2D eigenvalue weighted by Crippen LogP contribution is -2.00. The summed E-state index contributed by atoms with van der Waals surface area (Å²) in [6.45, 7) is 0. The molecule has 0 amide bonds. The maximum Gasteiger partial charge on any atom is 0.164 e. The summed E-state index contributed by atoms with van der Waals surface area (Å²) in [7, 11) is 0. The van der Waals surface area contributed by atoms with Crippen molar-refractivity contribution in [1.82, 2.24) is 24.6 Å². The van der Waals surface area contributed by atoms with E-state index < -0.39 is 0 Å². The minimum absolute atomic E-state index is 0.626. The van der Waals surface area contributed by atoms with Crippen LogP contribution < -0.4 is 0 Å². The van der Waals surface area contributed by atoms with E-state index in [0.29, 0.717) is 17.5 Å². The molecule has 0 aliphatic rings. The largest absolute Gasteiger partial charge is 0.231 e. The lowest BCUT2D eigenvalue weighted by atomic mass is 9.91. The smallest absolute Gasteiger partial charge is 0.164 e. The average molecular weight is 780 g/mol. The van der Waals surface area contributed by atoms with E-state index in [1.807, 2.05) is 42.6 Å². The SMILES string of the molecule is c1ccc(-c2cccc(-c3nc(-c4ccccc4)nc(-c4ccc(-c5ccc(-c6c(-c7ccccc7)n7ncc(-c8ccccc8)c7c7ccccc67)cc5)cc4)n3)c2)cc1. The van der Waals surface area contributed by atoms with Crippen LogP contribution >= 0.6 is 0 Å². The molecule has 0 fully saturated rings. The molecule has 5 heteroatoms. The van der Waals surface area contributed by atoms with Gasteiger partial charge in [-0.2, -0.15) is 5.10 Å². The van der Waals surface area contributed by atoms with Crippen LogP contribution in [0.2, 0.25) is 0 Å². The number of rotatable bonds is 8. The highest BCUT2D eigenvalue weighted by Crippen LogP contribution is 2.43. The normalized spacial score (nSPS) is 11.3. The Morgan fingerprint density at radius 1 is 0.295 bits per heavy atom. The number of nitrogens with zero attached hydrogens (tertiary/aromatic N) is 5. The summed E-state index contributed by atoms with van der Waals surface area (Å²) in [5, 5.41) is 7.41. The molecule has 0 bridgehead atoms. The highest BCUT2D eigenvalue weighted by atomic mass is 15.2. The second-order valence-corrected chi connectivity index (χ2v) is 15.1. The van der Waals surface area contributed by atoms with E-state index in [1.165, 1.54) is 5.39 Å². The van der Waals surface area contributed by atoms with Gasteiger partial charge in [0.25, 0.3) is 0 Å². The van der Waals surface area contributed by atoms with E-state index in [4.69, 9.17) is 20.1 Å². The van der Waals surface area contributed by atoms with E-state index >= 15 is 0 Å². The summed E-state index contributed by atoms with van der Waals surface area (Å²) in [5.41, 5.74) is 15.1. The number of aromatic nitrogens is 5. The van der Waals surface area contributed by atoms with Gasteiger partial charge in [0.2, 0.25) is 0 Å². The van der Waals surface area contributed by atoms with Gasteiger partial charge in [0, 0.05) is 38.8 Å². The molecular formula is C56H37N5. The zero-order chi connectivity index (χ0) is 40.5. The third kappa shape index (κ3) is 6.74. The Balaban J connectivity index is 0.977. The molecule has 0 unspecified atom stereocenters. The maximum atomic E-state index is 5.07. The molecule has 0 aliphatic carbocycles. The Bertz CT molecular complexity index is 3310. The van der Waals surface area contributed by atoms with Gasteiger partial charge >= 0.3 is 0 Å². The van der Waals surface area contributed by atoms with Crippen molar-refractivity contribution < 1.29 is 0 Å². The number of hydrogen-bond donors (Lipinski definition) is 0. The van der Waals surface area contributed by atoms with E-state index in [-0.39, 0.29) is 0 Å². The molecule has 8 aromatic carbocycles. The number of pyridine rings is 1. The van der Waals surface area contributed by atoms with Crippen LogP contribution in [0.5, 0.6) is 0 Å². The Morgan fingerprint density at radius 3 is 1.31 bits per heavy atom. The van der Waals surface area contributed by atoms with Crippen LogP contribution in [0.4, 0.5) is 0 Å². The minimum Gasteiger partial charge on any atom is -0.231 e. The Labute approximate surface area is 354 Å². The van der Waals surface area contributed by atoms with Gasteiger partial charge in [-0.1, -0.05) is 212 Å². The average Bonchev–Trinajstić information content (AvgIpc) is 3.80. The fraction of sp³-hybridized carbons (Fsp3) is 0. The number of benzene rings is 8. The summed E-state index contributed by atoms with van der Waals surface area (Å²) in [6, 6.07) is 76.1. The van der Waals surface area contributed by atoms with Crippen molar-refractivity contribution in [2.75, 3.05) is 0 Å². The van der Waals surface area contributed by atoms with Gasteiger partial charge in [-0.3, -0.25) is 0 Å². The first-order valence-electron chi connectivity index (χ1n) is 20.5. The molecule has 5 nitrogen and oxygen atoms in total. The quantitative estimate of drug-likeness (QED) is 0.154. The third-order valence-electron chi connectivity index (χ3n) is 11.3. The highest BCUT2D eigenvalue weighted by molar-refractivity contribution is 6.13. The number of fused-ring (bicyclic) bond motifs is 3. The molecule has 0 saturated heterocycles. The van der Waals surface area contributed by atoms with E-state index in [0.717, 1.165) is 83.4 Å². The molecule has 0 radical (unpaired) electrons. The fourth-order valence-electron chi connectivity index (χ4n) is 8.36. The van der Waals surface area contributed by atoms with Gasteiger partial charge in [-0.15, -0.1) is 0 Å². The van der Waals surface area contributed by atoms with Crippen LogP contribution in [-0.4, -0.2) is 24.6 Å². The second kappa shape index (κ2) is 15.5. The summed E-state index contributed by atoms with van der Waals surface area (Å²) in [5.74, 6) is 1.89. The topological polar surface area (TPSA) is 56.0 Å². The van der Waals surface area contributed by atoms with Gasteiger partial charge < -0.3 is 0 Å². The van der Waals surface area contributed by atoms with Gasteiger partial charge in [0.1, 0.15) is 0 Å². The van der Waals surface area contributed by atoms with Crippen molar-refractivity contribution in [2.45, 2.75) is 0 Å². The van der Waals surface area contributed by atoms with Crippen molar-refractivity contribution in [3.05, 3.63) is 225 Å². The predicted molar refractivity (Wildman–Crippen MR) is 250 cm³/mol. The van der Waals surface area contributed by atoms with Crippen LogP contribution in [0.3, 0.4) is 0 Å². The summed E-state index contributed by atoms with van der Waals surface area (Å²) in [4.78, 5) is 15.0. The van der Waals surface area contributed by atoms with Crippen molar-refractivity contribution in [2.24, 2.45) is 0 Å². The van der Waals surface area contributed by atoms with E-state index in [2.05, 4.69) is 187 Å². The lowest BCUT2D eigenvalue weighted by Gasteiger charge is -2.18. The zero-order valence-corrected chi connectivity index (χ0v) is 33.1. The molecule has 0 saturated carbocycles. The molecule has 0 aliphatic heterocycles. The van der Waals surface area contributed by atoms with Gasteiger partial charge in [-0.25, -0.2) is 19.5 Å². The van der Waals surface area contributed by atoms with Gasteiger partial charge in [0.05, 0.1) is 17.4 Å². The molecule has 0 atom stereocenters. The highest BCUT2D eigenvalue weighted by Gasteiger charge is 2.21. The van der Waals surface area contributed by atoms with Gasteiger partial charge in [-0.05, 0) is 44.8 Å². The maximum absolute atomic E-state index is 5.07. The summed E-state index contributed by atoms with van der Waals surface area (Å²) in [6.07, 6.45) is 2.00. The molecule has 11 rings (SSSR count). The molecule has 286 valence electrons. The van der Waals surface area contributed by atoms with Crippen LogP contribution in [0, 0.1) is 0 Å². The molecule has 3 aromatic heterocycles. The second-order valence-electron chi connectivity index (χ2n) is 15.1. The minimum atomic E-state index is 0.626. The Kier molecular flexibility index (Phi) is 9.10. The van der Waals surface area contributed by atoms with Crippen molar-refractivity contribution >= 4 is 16.3 Å². The lowest BCUT2D eigenvalue weighted by molar-refractivity contribution is 0.976. The standard InChI is InChI=1S/C56H37N5/c1-5-16-38(17-6-1)46-24-15-25-47(36-46)56-59-54(44-22-11-4-12-23-44)58-55(60-56)45-34-30-40(31-35-45)39-28-32-42(33-29-39)51-48-26-13-14-27-49(48)53-50(41-18-7-2-8-19-41)37-57-61(53)52(51)43-20-9-3-10-21-43/h1-37H. The van der Waals surface area contributed by atoms with Crippen molar-refractivity contribution in [3.63, 3.8) is 0 Å². The monoisotopic (exact) mass is 779 g/mol. The fourth-order valence-corrected chi connectivity index (χ4v) is 8.36. The van der Waals surface area contributed by atoms with Gasteiger partial charge in [0.15, 0.2) is 17.5 Å². The van der Waals surface area contributed by atoms with E-state index in [1.54, 1.807) is 0 Å². The van der Waals surface area contributed by atoms with Crippen molar-refractivity contribution in [1.29, 1.82) is 0 Å². The zero-order valence-electron chi connectivity index (χ0n) is 33.1. The Morgan fingerprint density at radius 2 is 0.705 bits per heavy atom.